The molecule has 0 amide bonds. The number of carbonyl (C=O) groups is 1. The molecule has 0 atom stereocenters. The second-order valence-corrected chi connectivity index (χ2v) is 3.41. The van der Waals surface area contributed by atoms with E-state index in [1.165, 1.54) is 0 Å². The molecule has 1 aromatic rings. The van der Waals surface area contributed by atoms with Crippen LogP contribution in [0.1, 0.15) is 33.6 Å². The smallest absolute Gasteiger partial charge is 0.433 e. The number of hydrogen-bond donors (Lipinski definition) is 1. The molecule has 106 valence electrons. The molecule has 0 aromatic carbocycles. The highest BCUT2D eigenvalue weighted by Gasteiger charge is 2.40. The normalized spacial score (nSPS) is 11.8. The summed E-state index contributed by atoms with van der Waals surface area (Å²) < 4.78 is 67.6. The Hall–Kier alpha value is -1.77. The lowest BCUT2D eigenvalue weighted by atomic mass is 10.0. The standard InChI is InChI=1S/C10H9F5N2O2/c1-19-9(18)5-3-17-7(10(13,14)15)6(8(11)12)4(5)2-16/h3,8H,2,16H2,1H3. The van der Waals surface area contributed by atoms with Crippen molar-refractivity contribution in [2.45, 2.75) is 19.1 Å². The van der Waals surface area contributed by atoms with Crippen molar-refractivity contribution in [1.29, 1.82) is 0 Å². The van der Waals surface area contributed by atoms with E-state index in [0.29, 0.717) is 6.20 Å². The lowest BCUT2D eigenvalue weighted by Gasteiger charge is -2.16. The first-order valence-corrected chi connectivity index (χ1v) is 4.89. The Balaban J connectivity index is 3.62. The summed E-state index contributed by atoms with van der Waals surface area (Å²) in [6.45, 7) is -0.671. The molecular weight excluding hydrogens is 275 g/mol. The van der Waals surface area contributed by atoms with Crippen molar-refractivity contribution in [1.82, 2.24) is 4.98 Å². The van der Waals surface area contributed by atoms with E-state index >= 15 is 0 Å². The van der Waals surface area contributed by atoms with Crippen LogP contribution < -0.4 is 5.73 Å². The summed E-state index contributed by atoms with van der Waals surface area (Å²) in [5.74, 6) is -1.08. The zero-order valence-electron chi connectivity index (χ0n) is 9.59. The Labute approximate surface area is 104 Å². The van der Waals surface area contributed by atoms with Crippen LogP contribution in [0.3, 0.4) is 0 Å². The van der Waals surface area contributed by atoms with Crippen molar-refractivity contribution >= 4 is 5.97 Å². The van der Waals surface area contributed by atoms with Crippen LogP contribution >= 0.6 is 0 Å². The van der Waals surface area contributed by atoms with E-state index in [0.717, 1.165) is 7.11 Å². The highest BCUT2D eigenvalue weighted by atomic mass is 19.4. The Morgan fingerprint density at radius 1 is 1.47 bits per heavy atom. The maximum absolute atomic E-state index is 12.8. The van der Waals surface area contributed by atoms with E-state index in [2.05, 4.69) is 9.72 Å². The number of alkyl halides is 5. The molecule has 0 spiro atoms. The van der Waals surface area contributed by atoms with Gasteiger partial charge in [0.15, 0.2) is 5.69 Å². The molecule has 0 unspecified atom stereocenters. The fraction of sp³-hybridized carbons (Fsp3) is 0.400. The van der Waals surface area contributed by atoms with Crippen molar-refractivity contribution in [2.75, 3.05) is 7.11 Å². The first-order valence-electron chi connectivity index (χ1n) is 4.89. The lowest BCUT2D eigenvalue weighted by molar-refractivity contribution is -0.143. The second kappa shape index (κ2) is 5.47. The van der Waals surface area contributed by atoms with Gasteiger partial charge in [-0.25, -0.2) is 13.6 Å². The monoisotopic (exact) mass is 284 g/mol. The maximum Gasteiger partial charge on any atom is 0.433 e. The number of ether oxygens (including phenoxy) is 1. The first-order chi connectivity index (χ1) is 8.73. The summed E-state index contributed by atoms with van der Waals surface area (Å²) in [6, 6.07) is 0. The number of hydrogen-bond acceptors (Lipinski definition) is 4. The first kappa shape index (κ1) is 15.3. The third-order valence-electron chi connectivity index (χ3n) is 2.32. The number of methoxy groups -OCH3 is 1. The van der Waals surface area contributed by atoms with E-state index in [-0.39, 0.29) is 0 Å². The second-order valence-electron chi connectivity index (χ2n) is 3.41. The van der Waals surface area contributed by atoms with Crippen LogP contribution in [0.25, 0.3) is 0 Å². The Bertz CT molecular complexity index is 488. The summed E-state index contributed by atoms with van der Waals surface area (Å²) in [5, 5.41) is 0. The molecule has 1 rings (SSSR count). The van der Waals surface area contributed by atoms with Crippen LogP contribution in [0, 0.1) is 0 Å². The van der Waals surface area contributed by atoms with Crippen LogP contribution in [0.2, 0.25) is 0 Å². The van der Waals surface area contributed by atoms with Gasteiger partial charge in [-0.1, -0.05) is 0 Å². The molecule has 0 aliphatic carbocycles. The minimum atomic E-state index is -5.07. The molecule has 19 heavy (non-hydrogen) atoms. The highest BCUT2D eigenvalue weighted by Crippen LogP contribution is 2.37. The Morgan fingerprint density at radius 2 is 2.05 bits per heavy atom. The molecule has 0 saturated heterocycles. The zero-order valence-corrected chi connectivity index (χ0v) is 9.59. The third-order valence-corrected chi connectivity index (χ3v) is 2.32. The number of aromatic nitrogens is 1. The minimum absolute atomic E-state index is 0.506. The van der Waals surface area contributed by atoms with Gasteiger partial charge in [-0.15, -0.1) is 0 Å². The van der Waals surface area contributed by atoms with E-state index in [1.54, 1.807) is 0 Å². The van der Waals surface area contributed by atoms with Gasteiger partial charge in [0.05, 0.1) is 18.2 Å². The summed E-state index contributed by atoms with van der Waals surface area (Å²) >= 11 is 0. The van der Waals surface area contributed by atoms with Crippen molar-refractivity contribution < 1.29 is 31.5 Å². The molecular formula is C10H9F5N2O2. The van der Waals surface area contributed by atoms with Crippen LogP contribution in [0.5, 0.6) is 0 Å². The van der Waals surface area contributed by atoms with Crippen LogP contribution in [-0.4, -0.2) is 18.1 Å². The molecule has 1 aromatic heterocycles. The van der Waals surface area contributed by atoms with Crippen LogP contribution in [0.4, 0.5) is 22.0 Å². The van der Waals surface area contributed by atoms with E-state index in [1.807, 2.05) is 0 Å². The van der Waals surface area contributed by atoms with Gasteiger partial charge in [-0.05, 0) is 5.56 Å². The summed E-state index contributed by atoms with van der Waals surface area (Å²) in [6.07, 6.45) is -8.00. The SMILES string of the molecule is COC(=O)c1cnc(C(F)(F)F)c(C(F)F)c1CN. The van der Waals surface area contributed by atoms with E-state index in [4.69, 9.17) is 5.73 Å². The van der Waals surface area contributed by atoms with Gasteiger partial charge >= 0.3 is 12.1 Å². The Morgan fingerprint density at radius 3 is 2.42 bits per heavy atom. The van der Waals surface area contributed by atoms with Gasteiger partial charge < -0.3 is 10.5 Å². The van der Waals surface area contributed by atoms with Gasteiger partial charge in [0, 0.05) is 12.7 Å². The quantitative estimate of drug-likeness (QED) is 0.683. The topological polar surface area (TPSA) is 65.2 Å². The summed E-state index contributed by atoms with van der Waals surface area (Å²) in [7, 11) is 0.961. The molecule has 0 aliphatic rings. The van der Waals surface area contributed by atoms with E-state index < -0.39 is 47.5 Å². The molecule has 1 heterocycles. The van der Waals surface area contributed by atoms with E-state index in [9.17, 15) is 26.7 Å². The molecule has 2 N–H and O–H groups in total. The van der Waals surface area contributed by atoms with Gasteiger partial charge in [-0.2, -0.15) is 13.2 Å². The number of esters is 1. The molecule has 0 radical (unpaired) electrons. The van der Waals surface area contributed by atoms with Gasteiger partial charge in [-0.3, -0.25) is 4.98 Å². The number of pyridine rings is 1. The number of rotatable bonds is 3. The van der Waals surface area contributed by atoms with Crippen molar-refractivity contribution in [2.24, 2.45) is 5.73 Å². The van der Waals surface area contributed by atoms with Crippen LogP contribution in [0.15, 0.2) is 6.20 Å². The molecule has 0 fully saturated rings. The molecule has 0 saturated carbocycles. The minimum Gasteiger partial charge on any atom is -0.465 e. The van der Waals surface area contributed by atoms with Crippen molar-refractivity contribution in [3.05, 3.63) is 28.6 Å². The predicted molar refractivity (Wildman–Crippen MR) is 53.4 cm³/mol. The van der Waals surface area contributed by atoms with Gasteiger partial charge in [0.2, 0.25) is 0 Å². The average Bonchev–Trinajstić information content (AvgIpc) is 2.34. The van der Waals surface area contributed by atoms with Gasteiger partial charge in [0.25, 0.3) is 6.43 Å². The van der Waals surface area contributed by atoms with Crippen LogP contribution in [-0.2, 0) is 17.5 Å². The fourth-order valence-corrected chi connectivity index (χ4v) is 1.53. The average molecular weight is 284 g/mol. The number of halogens is 5. The van der Waals surface area contributed by atoms with Crippen molar-refractivity contribution in [3.63, 3.8) is 0 Å². The molecule has 0 bridgehead atoms. The largest absolute Gasteiger partial charge is 0.465 e. The fourth-order valence-electron chi connectivity index (χ4n) is 1.53. The number of carbonyl (C=O) groups excluding carboxylic acids is 1. The molecule has 4 nitrogen and oxygen atoms in total. The third kappa shape index (κ3) is 2.98. The van der Waals surface area contributed by atoms with Gasteiger partial charge in [0.1, 0.15) is 0 Å². The lowest BCUT2D eigenvalue weighted by Crippen LogP contribution is -2.20. The summed E-state index contributed by atoms with van der Waals surface area (Å²) in [5.41, 5.74) is 0.885. The highest BCUT2D eigenvalue weighted by molar-refractivity contribution is 5.91. The predicted octanol–water partition coefficient (Wildman–Crippen LogP) is 2.28. The number of nitrogens with zero attached hydrogens (tertiary/aromatic N) is 1. The number of nitrogens with two attached hydrogens (primary N) is 1. The summed E-state index contributed by atoms with van der Waals surface area (Å²) in [4.78, 5) is 14.2. The van der Waals surface area contributed by atoms with Crippen molar-refractivity contribution in [3.8, 4) is 0 Å². The zero-order chi connectivity index (χ0) is 14.8. The molecule has 9 heteroatoms. The maximum atomic E-state index is 12.8. The Kier molecular flexibility index (Phi) is 4.40. The molecule has 0 aliphatic heterocycles.